The topological polar surface area (TPSA) is 77.6 Å². The van der Waals surface area contributed by atoms with Crippen LogP contribution in [0, 0.1) is 0 Å². The summed E-state index contributed by atoms with van der Waals surface area (Å²) in [5.74, 6) is -0.264. The summed E-state index contributed by atoms with van der Waals surface area (Å²) < 4.78 is 8.28. The fraction of sp³-hybridized carbons (Fsp3) is 0.190. The van der Waals surface area contributed by atoms with E-state index in [1.165, 1.54) is 4.40 Å². The molecule has 3 heterocycles. The summed E-state index contributed by atoms with van der Waals surface area (Å²) in [7, 11) is 1.58. The van der Waals surface area contributed by atoms with Crippen LogP contribution in [0.15, 0.2) is 65.6 Å². The van der Waals surface area contributed by atoms with Crippen molar-refractivity contribution >= 4 is 22.6 Å². The first-order chi connectivity index (χ1) is 13.7. The molecular weight excluding hydrogens is 356 g/mol. The highest BCUT2D eigenvalue weighted by Crippen LogP contribution is 2.18. The second-order valence-corrected chi connectivity index (χ2v) is 6.43. The van der Waals surface area contributed by atoms with Crippen LogP contribution in [0.5, 0.6) is 0 Å². The predicted molar refractivity (Wildman–Crippen MR) is 107 cm³/mol. The number of amides is 1. The zero-order valence-corrected chi connectivity index (χ0v) is 15.5. The van der Waals surface area contributed by atoms with Gasteiger partial charge in [0.1, 0.15) is 17.0 Å². The van der Waals surface area contributed by atoms with E-state index in [4.69, 9.17) is 4.74 Å². The Kier molecular flexibility index (Phi) is 4.90. The number of hydrogen-bond acceptors (Lipinski definition) is 4. The highest BCUT2D eigenvalue weighted by molar-refractivity contribution is 5.98. The van der Waals surface area contributed by atoms with Crippen molar-refractivity contribution in [3.8, 4) is 0 Å². The number of nitrogens with zero attached hydrogens (tertiary/aromatic N) is 3. The van der Waals surface area contributed by atoms with Gasteiger partial charge in [0.2, 0.25) is 0 Å². The lowest BCUT2D eigenvalue weighted by Crippen LogP contribution is -2.29. The number of carbonyl (C=O) groups is 1. The van der Waals surface area contributed by atoms with Gasteiger partial charge in [-0.1, -0.05) is 36.4 Å². The highest BCUT2D eigenvalue weighted by atomic mass is 16.5. The molecule has 0 bridgehead atoms. The summed E-state index contributed by atoms with van der Waals surface area (Å²) in [6.45, 7) is 1.23. The number of aromatic nitrogens is 3. The van der Waals surface area contributed by atoms with Crippen LogP contribution >= 0.6 is 0 Å². The van der Waals surface area contributed by atoms with E-state index in [0.29, 0.717) is 42.1 Å². The molecule has 28 heavy (non-hydrogen) atoms. The van der Waals surface area contributed by atoms with Gasteiger partial charge in [-0.15, -0.1) is 0 Å². The van der Waals surface area contributed by atoms with Gasteiger partial charge in [0.15, 0.2) is 0 Å². The van der Waals surface area contributed by atoms with E-state index in [1.807, 2.05) is 36.4 Å². The van der Waals surface area contributed by atoms with Crippen LogP contribution in [0.4, 0.5) is 0 Å². The minimum atomic E-state index is -0.264. The van der Waals surface area contributed by atoms with Crippen LogP contribution in [0.1, 0.15) is 16.1 Å². The number of carbonyl (C=O) groups excluding carboxylic acids is 1. The summed E-state index contributed by atoms with van der Waals surface area (Å²) in [5.41, 5.74) is 2.26. The Bertz CT molecular complexity index is 1190. The molecule has 4 rings (SSSR count). The Balaban J connectivity index is 1.89. The van der Waals surface area contributed by atoms with Crippen LogP contribution < -0.4 is 10.9 Å². The molecule has 142 valence electrons. The molecule has 0 spiro atoms. The van der Waals surface area contributed by atoms with E-state index in [0.717, 1.165) is 5.56 Å². The van der Waals surface area contributed by atoms with Crippen molar-refractivity contribution in [2.45, 2.75) is 6.54 Å². The molecular formula is C21H20N4O3. The summed E-state index contributed by atoms with van der Waals surface area (Å²) >= 11 is 0. The molecule has 0 aliphatic rings. The summed E-state index contributed by atoms with van der Waals surface area (Å²) in [4.78, 5) is 30.4. The number of nitrogens with one attached hydrogen (secondary N) is 1. The lowest BCUT2D eigenvalue weighted by molar-refractivity contribution is 0.0928. The lowest BCUT2D eigenvalue weighted by Gasteiger charge is -2.11. The Morgan fingerprint density at radius 1 is 1.14 bits per heavy atom. The zero-order valence-electron chi connectivity index (χ0n) is 15.5. The molecule has 0 aliphatic heterocycles. The van der Waals surface area contributed by atoms with Gasteiger partial charge in [-0.05, 0) is 23.8 Å². The van der Waals surface area contributed by atoms with E-state index in [9.17, 15) is 9.59 Å². The monoisotopic (exact) mass is 376 g/mol. The third kappa shape index (κ3) is 3.27. The molecule has 7 nitrogen and oxygen atoms in total. The fourth-order valence-corrected chi connectivity index (χ4v) is 3.22. The van der Waals surface area contributed by atoms with Crippen molar-refractivity contribution < 1.29 is 9.53 Å². The lowest BCUT2D eigenvalue weighted by atomic mass is 10.2. The van der Waals surface area contributed by atoms with Crippen LogP contribution in [0.3, 0.4) is 0 Å². The van der Waals surface area contributed by atoms with Crippen molar-refractivity contribution in [2.75, 3.05) is 20.3 Å². The molecule has 0 atom stereocenters. The van der Waals surface area contributed by atoms with Crippen LogP contribution in [0.25, 0.3) is 16.7 Å². The maximum atomic E-state index is 12.9. The van der Waals surface area contributed by atoms with Gasteiger partial charge in [0, 0.05) is 26.4 Å². The average molecular weight is 376 g/mol. The van der Waals surface area contributed by atoms with Gasteiger partial charge in [0.25, 0.3) is 11.5 Å². The number of pyridine rings is 1. The summed E-state index contributed by atoms with van der Waals surface area (Å²) in [6.07, 6.45) is 1.68. The number of hydrogen-bond donors (Lipinski definition) is 1. The van der Waals surface area contributed by atoms with E-state index >= 15 is 0 Å². The molecule has 0 fully saturated rings. The van der Waals surface area contributed by atoms with E-state index in [2.05, 4.69) is 10.3 Å². The first kappa shape index (κ1) is 17.9. The molecule has 1 aromatic carbocycles. The van der Waals surface area contributed by atoms with Crippen LogP contribution in [-0.4, -0.2) is 40.1 Å². The number of methoxy groups -OCH3 is 1. The molecule has 0 saturated heterocycles. The second-order valence-electron chi connectivity index (χ2n) is 6.43. The fourth-order valence-electron chi connectivity index (χ4n) is 3.22. The molecule has 0 aliphatic carbocycles. The van der Waals surface area contributed by atoms with Crippen molar-refractivity contribution in [3.63, 3.8) is 0 Å². The van der Waals surface area contributed by atoms with Crippen molar-refractivity contribution in [2.24, 2.45) is 0 Å². The SMILES string of the molecule is COCCNC(=O)c1cc2c(=O)n3ccccc3nc2n1Cc1ccccc1. The van der Waals surface area contributed by atoms with Gasteiger partial charge in [-0.2, -0.15) is 0 Å². The minimum absolute atomic E-state index is 0.196. The molecule has 1 N–H and O–H groups in total. The molecule has 0 unspecified atom stereocenters. The third-order valence-corrected chi connectivity index (χ3v) is 4.58. The number of fused-ring (bicyclic) bond motifs is 2. The van der Waals surface area contributed by atoms with Gasteiger partial charge >= 0.3 is 0 Å². The number of ether oxygens (including phenoxy) is 1. The van der Waals surface area contributed by atoms with Crippen molar-refractivity contribution in [3.05, 3.63) is 82.4 Å². The molecule has 4 aromatic rings. The highest BCUT2D eigenvalue weighted by Gasteiger charge is 2.19. The Hall–Kier alpha value is -3.45. The van der Waals surface area contributed by atoms with Gasteiger partial charge < -0.3 is 14.6 Å². The number of benzene rings is 1. The van der Waals surface area contributed by atoms with Gasteiger partial charge in [0.05, 0.1) is 12.0 Å². The molecule has 1 amide bonds. The maximum Gasteiger partial charge on any atom is 0.268 e. The summed E-state index contributed by atoms with van der Waals surface area (Å²) in [6, 6.07) is 16.8. The normalized spacial score (nSPS) is 11.2. The van der Waals surface area contributed by atoms with Crippen molar-refractivity contribution in [1.82, 2.24) is 19.3 Å². The van der Waals surface area contributed by atoms with E-state index in [1.54, 1.807) is 36.1 Å². The molecule has 7 heteroatoms. The van der Waals surface area contributed by atoms with E-state index < -0.39 is 0 Å². The van der Waals surface area contributed by atoms with Crippen LogP contribution in [-0.2, 0) is 11.3 Å². The Labute approximate surface area is 161 Å². The first-order valence-electron chi connectivity index (χ1n) is 9.01. The quantitative estimate of drug-likeness (QED) is 0.523. The Morgan fingerprint density at radius 2 is 1.93 bits per heavy atom. The predicted octanol–water partition coefficient (Wildman–Crippen LogP) is 2.07. The Morgan fingerprint density at radius 3 is 2.71 bits per heavy atom. The van der Waals surface area contributed by atoms with Crippen molar-refractivity contribution in [1.29, 1.82) is 0 Å². The molecule has 3 aromatic heterocycles. The smallest absolute Gasteiger partial charge is 0.268 e. The number of rotatable bonds is 6. The van der Waals surface area contributed by atoms with Crippen LogP contribution in [0.2, 0.25) is 0 Å². The minimum Gasteiger partial charge on any atom is -0.383 e. The third-order valence-electron chi connectivity index (χ3n) is 4.58. The van der Waals surface area contributed by atoms with E-state index in [-0.39, 0.29) is 11.5 Å². The summed E-state index contributed by atoms with van der Waals surface area (Å²) in [5, 5.41) is 3.24. The van der Waals surface area contributed by atoms with Gasteiger partial charge in [-0.25, -0.2) is 4.98 Å². The zero-order chi connectivity index (χ0) is 19.5. The largest absolute Gasteiger partial charge is 0.383 e. The van der Waals surface area contributed by atoms with Gasteiger partial charge in [-0.3, -0.25) is 14.0 Å². The standard InChI is InChI=1S/C21H20N4O3/c1-28-12-10-22-20(26)17-13-16-19(25(17)14-15-7-3-2-4-8-15)23-18-9-5-6-11-24(18)21(16)27/h2-9,11,13H,10,12,14H2,1H3,(H,22,26). The second kappa shape index (κ2) is 7.66. The molecule has 0 saturated carbocycles. The first-order valence-corrected chi connectivity index (χ1v) is 9.01. The average Bonchev–Trinajstić information content (AvgIpc) is 3.08. The molecule has 0 radical (unpaired) electrons. The maximum absolute atomic E-state index is 12.9.